The highest BCUT2D eigenvalue weighted by Gasteiger charge is 2.60. The molecule has 2 aromatic carbocycles. The minimum Gasteiger partial charge on any atom is -0.463 e. The average Bonchev–Trinajstić information content (AvgIpc) is 3.96. The number of ether oxygens (including phenoxy) is 6. The van der Waals surface area contributed by atoms with Gasteiger partial charge in [0.15, 0.2) is 42.8 Å². The van der Waals surface area contributed by atoms with Gasteiger partial charge in [-0.3, -0.25) is 28.2 Å². The largest absolute Gasteiger partial charge is 0.463 e. The number of carbonyl (C=O) groups is 4. The Morgan fingerprint density at radius 2 is 1.01 bits per heavy atom. The molecule has 0 spiro atoms. The van der Waals surface area contributed by atoms with Gasteiger partial charge in [0.25, 0.3) is 24.3 Å². The highest BCUT2D eigenvalue weighted by atomic mass is 31.2. The van der Waals surface area contributed by atoms with Gasteiger partial charge in [-0.1, -0.05) is 50.2 Å². The van der Waals surface area contributed by atoms with Crippen LogP contribution in [0.25, 0.3) is 0 Å². The number of aromatic nitrogens is 2. The number of nitrogens with two attached hydrogens (primary N) is 2. The molecule has 0 aliphatic carbocycles. The van der Waals surface area contributed by atoms with E-state index in [0.717, 1.165) is 0 Å². The zero-order chi connectivity index (χ0) is 54.8. The average molecular weight is 1090 g/mol. The Hall–Kier alpha value is -5.64. The number of fused-ring (bicyclic) bond motifs is 1. The van der Waals surface area contributed by atoms with Crippen molar-refractivity contribution in [3.05, 3.63) is 121 Å². The smallest absolute Gasteiger partial charge is 0.380 e. The standard InChI is InChI=1S/C27H35N2O9P.C24H31N2O9P/c1-17(2)34-26(31)18(3)16-39(32,38-20-11-7-6-8-12-20)33-15-21-22-23(37-27(4,5)36-22)25(35-21)29-13-9-10-19(14-29)24(28)30;1-15(2)33-24(30)16(3)14-36(31,35-18-9-5-4-6-10-18)32-13-19-20(27)21(28)23(34-19)26-11-7-8-17(12-26)22(25)29/h6-14,17-18,21-23,25H,15-16H2,1-5H3,(H-,28,30);4-12,15-16,19-21,23,27-28H,13-14H2,1-3H3,(H-,25,29)/p+2/t18-,21?,22-,23-,25-,39?;16-,19?,20-,21-,23-,36?/m11/s1. The molecule has 4 aromatic rings. The Balaban J connectivity index is 0.000000245. The summed E-state index contributed by atoms with van der Waals surface area (Å²) in [4.78, 5) is 48.0. The number of amides is 2. The molecule has 6 N–H and O–H groups in total. The SMILES string of the molecule is CC(C)OC(=O)[C@H](C)CP(=O)(OCC1O[C@@H]([n+]2cccc(C(N)=O)c2)[C@@H]2OC(C)(C)O[C@H]12)Oc1ccccc1.CC(C)OC(=O)[C@H](C)CP(=O)(OCC1O[C@@H]([n+]2cccc(C(N)=O)c2)[C@H](O)[C@@H]1O)Oc1ccccc1. The Morgan fingerprint density at radius 3 is 1.45 bits per heavy atom. The number of aliphatic hydroxyl groups is 2. The van der Waals surface area contributed by atoms with Gasteiger partial charge in [-0.2, -0.15) is 9.13 Å². The molecule has 3 saturated heterocycles. The first-order valence-corrected chi connectivity index (χ1v) is 27.8. The lowest BCUT2D eigenvalue weighted by Gasteiger charge is -2.25. The van der Waals surface area contributed by atoms with Crippen molar-refractivity contribution in [2.24, 2.45) is 23.3 Å². The molecule has 3 fully saturated rings. The van der Waals surface area contributed by atoms with Gasteiger partial charge < -0.3 is 59.1 Å². The number of pyridine rings is 2. The summed E-state index contributed by atoms with van der Waals surface area (Å²) in [6.45, 7) is 13.1. The summed E-state index contributed by atoms with van der Waals surface area (Å²) in [7, 11) is -7.82. The summed E-state index contributed by atoms with van der Waals surface area (Å²) in [5.74, 6) is -4.13. The molecule has 408 valence electrons. The van der Waals surface area contributed by atoms with Crippen LogP contribution in [0.2, 0.25) is 0 Å². The lowest BCUT2D eigenvalue weighted by molar-refractivity contribution is -0.766. The van der Waals surface area contributed by atoms with Crippen molar-refractivity contribution in [3.8, 4) is 11.5 Å². The molecule has 0 saturated carbocycles. The van der Waals surface area contributed by atoms with Crippen LogP contribution in [0.15, 0.2) is 110 Å². The molecular formula is C51H68N4O18P2+2. The van der Waals surface area contributed by atoms with E-state index in [0.29, 0.717) is 11.3 Å². The molecule has 3 aliphatic rings. The number of esters is 2. The predicted octanol–water partition coefficient (Wildman–Crippen LogP) is 4.94. The number of hydrogen-bond donors (Lipinski definition) is 4. The third-order valence-electron chi connectivity index (χ3n) is 11.6. The molecular weight excluding hydrogens is 1020 g/mol. The van der Waals surface area contributed by atoms with E-state index in [2.05, 4.69) is 0 Å². The molecule has 2 aromatic heterocycles. The number of rotatable bonds is 22. The summed E-state index contributed by atoms with van der Waals surface area (Å²) in [5, 5.41) is 21.1. The molecule has 3 aliphatic heterocycles. The fourth-order valence-corrected chi connectivity index (χ4v) is 11.9. The first kappa shape index (κ1) is 58.6. The summed E-state index contributed by atoms with van der Waals surface area (Å²) in [6, 6.07) is 23.3. The molecule has 2 amide bonds. The van der Waals surface area contributed by atoms with Gasteiger partial charge in [-0.25, -0.2) is 9.13 Å². The number of primary amides is 2. The van der Waals surface area contributed by atoms with Gasteiger partial charge in [0.05, 0.1) is 49.6 Å². The summed E-state index contributed by atoms with van der Waals surface area (Å²) in [5.41, 5.74) is 11.3. The third kappa shape index (κ3) is 16.2. The second-order valence-corrected chi connectivity index (χ2v) is 23.3. The van der Waals surface area contributed by atoms with Crippen LogP contribution in [0.3, 0.4) is 0 Å². The van der Waals surface area contributed by atoms with Crippen LogP contribution in [0.4, 0.5) is 0 Å². The molecule has 12 atom stereocenters. The van der Waals surface area contributed by atoms with E-state index in [1.165, 1.54) is 16.8 Å². The van der Waals surface area contributed by atoms with E-state index in [1.54, 1.807) is 157 Å². The van der Waals surface area contributed by atoms with Gasteiger partial charge in [-0.05, 0) is 77.9 Å². The highest BCUT2D eigenvalue weighted by molar-refractivity contribution is 7.54. The minimum absolute atomic E-state index is 0.163. The van der Waals surface area contributed by atoms with Crippen molar-refractivity contribution in [1.82, 2.24) is 0 Å². The Labute approximate surface area is 435 Å². The van der Waals surface area contributed by atoms with Gasteiger partial charge in [-0.15, -0.1) is 0 Å². The first-order chi connectivity index (χ1) is 35.3. The lowest BCUT2D eigenvalue weighted by atomic mass is 10.1. The van der Waals surface area contributed by atoms with E-state index in [1.807, 2.05) is 0 Å². The Kier molecular flexibility index (Phi) is 19.9. The van der Waals surface area contributed by atoms with Gasteiger partial charge in [0.2, 0.25) is 0 Å². The summed E-state index contributed by atoms with van der Waals surface area (Å²) >= 11 is 0. The van der Waals surface area contributed by atoms with Crippen LogP contribution in [-0.4, -0.2) is 114 Å². The fourth-order valence-electron chi connectivity index (χ4n) is 8.15. The molecule has 75 heavy (non-hydrogen) atoms. The zero-order valence-corrected chi connectivity index (χ0v) is 44.8. The van der Waals surface area contributed by atoms with E-state index in [4.69, 9.17) is 58.0 Å². The number of aliphatic hydroxyl groups excluding tert-OH is 2. The third-order valence-corrected chi connectivity index (χ3v) is 15.7. The highest BCUT2D eigenvalue weighted by Crippen LogP contribution is 2.52. The molecule has 0 radical (unpaired) electrons. The predicted molar refractivity (Wildman–Crippen MR) is 266 cm³/mol. The van der Waals surface area contributed by atoms with E-state index < -0.39 is 112 Å². The maximum atomic E-state index is 14.0. The normalized spacial score (nSPS) is 25.1. The van der Waals surface area contributed by atoms with Crippen LogP contribution in [0.1, 0.15) is 88.6 Å². The first-order valence-electron chi connectivity index (χ1n) is 24.4. The van der Waals surface area contributed by atoms with Crippen molar-refractivity contribution in [3.63, 3.8) is 0 Å². The number of para-hydroxylation sites is 2. The molecule has 22 nitrogen and oxygen atoms in total. The molecule has 0 bridgehead atoms. The van der Waals surface area contributed by atoms with E-state index in [9.17, 15) is 38.5 Å². The van der Waals surface area contributed by atoms with Crippen molar-refractivity contribution >= 4 is 38.9 Å². The minimum atomic E-state index is -3.95. The van der Waals surface area contributed by atoms with Crippen molar-refractivity contribution < 1.29 is 94.2 Å². The van der Waals surface area contributed by atoms with Gasteiger partial charge >= 0.3 is 27.1 Å². The second-order valence-electron chi connectivity index (χ2n) is 19.2. The quantitative estimate of drug-likeness (QED) is 0.0460. The van der Waals surface area contributed by atoms with Crippen LogP contribution >= 0.6 is 15.2 Å². The maximum Gasteiger partial charge on any atom is 0.380 e. The number of carbonyl (C=O) groups excluding carboxylic acids is 4. The van der Waals surface area contributed by atoms with Crippen molar-refractivity contribution in [2.75, 3.05) is 25.5 Å². The Morgan fingerprint density at radius 1 is 0.600 bits per heavy atom. The van der Waals surface area contributed by atoms with E-state index in [-0.39, 0.29) is 42.5 Å². The van der Waals surface area contributed by atoms with E-state index >= 15 is 0 Å². The maximum absolute atomic E-state index is 14.0. The number of benzene rings is 2. The molecule has 4 unspecified atom stereocenters. The summed E-state index contributed by atoms with van der Waals surface area (Å²) < 4.78 is 88.7. The Bertz CT molecular complexity index is 2680. The zero-order valence-electron chi connectivity index (χ0n) is 43.0. The molecule has 5 heterocycles. The van der Waals surface area contributed by atoms with Crippen molar-refractivity contribution in [2.45, 2.75) is 122 Å². The number of nitrogens with zero attached hydrogens (tertiary/aromatic N) is 2. The monoisotopic (exact) mass is 1090 g/mol. The van der Waals surface area contributed by atoms with Crippen LogP contribution in [0, 0.1) is 11.8 Å². The number of hydrogen-bond acceptors (Lipinski definition) is 18. The van der Waals surface area contributed by atoms with Gasteiger partial charge in [0.1, 0.15) is 47.0 Å². The second kappa shape index (κ2) is 25.5. The lowest BCUT2D eigenvalue weighted by Crippen LogP contribution is -2.46. The summed E-state index contributed by atoms with van der Waals surface area (Å²) in [6.07, 6.45) is -2.28. The van der Waals surface area contributed by atoms with Crippen molar-refractivity contribution in [1.29, 1.82) is 0 Å². The molecule has 24 heteroatoms. The van der Waals surface area contributed by atoms with Crippen LogP contribution in [-0.2, 0) is 56.2 Å². The fraction of sp³-hybridized carbons (Fsp3) is 0.490. The molecule has 7 rings (SSSR count). The van der Waals surface area contributed by atoms with Gasteiger partial charge in [0, 0.05) is 12.1 Å². The van der Waals surface area contributed by atoms with Crippen LogP contribution in [0.5, 0.6) is 11.5 Å². The topological polar surface area (TPSA) is 295 Å². The van der Waals surface area contributed by atoms with Crippen LogP contribution < -0.4 is 29.6 Å².